The summed E-state index contributed by atoms with van der Waals surface area (Å²) in [5, 5.41) is 11.3. The van der Waals surface area contributed by atoms with Crippen LogP contribution < -0.4 is 5.32 Å². The lowest BCUT2D eigenvalue weighted by molar-refractivity contribution is -0.133. The third kappa shape index (κ3) is 3.26. The molecule has 4 nitrogen and oxygen atoms in total. The highest BCUT2D eigenvalue weighted by molar-refractivity contribution is 8.00. The van der Waals surface area contributed by atoms with Gasteiger partial charge in [0.15, 0.2) is 0 Å². The summed E-state index contributed by atoms with van der Waals surface area (Å²) in [4.78, 5) is 21.7. The fourth-order valence-corrected chi connectivity index (χ4v) is 2.63. The zero-order chi connectivity index (χ0) is 13.0. The van der Waals surface area contributed by atoms with E-state index in [-0.39, 0.29) is 17.4 Å². The summed E-state index contributed by atoms with van der Waals surface area (Å²) < 4.78 is 0. The highest BCUT2D eigenvalue weighted by Crippen LogP contribution is 2.33. The van der Waals surface area contributed by atoms with E-state index in [1.807, 2.05) is 12.1 Å². The molecule has 5 heteroatoms. The summed E-state index contributed by atoms with van der Waals surface area (Å²) in [6.45, 7) is 0.642. The van der Waals surface area contributed by atoms with Crippen molar-refractivity contribution in [2.45, 2.75) is 12.3 Å². The summed E-state index contributed by atoms with van der Waals surface area (Å²) in [5.74, 6) is -0.388. The molecule has 0 radical (unpaired) electrons. The maximum atomic E-state index is 11.5. The minimum Gasteiger partial charge on any atom is -0.481 e. The maximum absolute atomic E-state index is 11.5. The highest BCUT2D eigenvalue weighted by atomic mass is 32.2. The monoisotopic (exact) mass is 265 g/mol. The molecular formula is C13H15NO3S. The van der Waals surface area contributed by atoms with Crippen molar-refractivity contribution < 1.29 is 14.7 Å². The van der Waals surface area contributed by atoms with E-state index in [9.17, 15) is 9.59 Å². The molecule has 0 fully saturated rings. The molecule has 1 aliphatic rings. The number of fused-ring (bicyclic) bond motifs is 1. The highest BCUT2D eigenvalue weighted by Gasteiger charge is 2.25. The van der Waals surface area contributed by atoms with Crippen LogP contribution in [0.4, 0.5) is 0 Å². The van der Waals surface area contributed by atoms with Crippen LogP contribution in [-0.4, -0.2) is 35.0 Å². The fourth-order valence-electron chi connectivity index (χ4n) is 2.06. The Morgan fingerprint density at radius 2 is 2.11 bits per heavy atom. The van der Waals surface area contributed by atoms with E-state index >= 15 is 0 Å². The third-order valence-corrected chi connectivity index (χ3v) is 3.88. The first-order valence-corrected chi connectivity index (χ1v) is 6.96. The van der Waals surface area contributed by atoms with E-state index in [2.05, 4.69) is 17.4 Å². The molecule has 0 bridgehead atoms. The van der Waals surface area contributed by atoms with Gasteiger partial charge in [-0.25, -0.2) is 0 Å². The van der Waals surface area contributed by atoms with Gasteiger partial charge in [0.2, 0.25) is 5.91 Å². The van der Waals surface area contributed by atoms with Gasteiger partial charge in [0, 0.05) is 12.5 Å². The summed E-state index contributed by atoms with van der Waals surface area (Å²) in [6.07, 6.45) is 1.01. The molecule has 1 unspecified atom stereocenters. The Labute approximate surface area is 110 Å². The smallest absolute Gasteiger partial charge is 0.313 e. The molecule has 1 aromatic rings. The Balaban J connectivity index is 1.67. The fraction of sp³-hybridized carbons (Fsp3) is 0.385. The normalized spacial score (nSPS) is 16.6. The number of nitrogens with one attached hydrogen (secondary N) is 1. The van der Waals surface area contributed by atoms with Gasteiger partial charge in [0.1, 0.15) is 0 Å². The average Bonchev–Trinajstić information content (AvgIpc) is 2.30. The minimum absolute atomic E-state index is 0.0281. The number of rotatable bonds is 6. The molecule has 1 aromatic carbocycles. The summed E-state index contributed by atoms with van der Waals surface area (Å²) in [7, 11) is 0. The van der Waals surface area contributed by atoms with Crippen molar-refractivity contribution in [3.05, 3.63) is 35.4 Å². The molecule has 0 aromatic heterocycles. The van der Waals surface area contributed by atoms with E-state index < -0.39 is 5.97 Å². The predicted octanol–water partition coefficient (Wildman–Crippen LogP) is 1.26. The lowest BCUT2D eigenvalue weighted by atomic mass is 9.77. The quantitative estimate of drug-likeness (QED) is 0.812. The Bertz CT molecular complexity index is 461. The second-order valence-electron chi connectivity index (χ2n) is 4.29. The van der Waals surface area contributed by atoms with E-state index in [1.54, 1.807) is 0 Å². The Morgan fingerprint density at radius 3 is 2.83 bits per heavy atom. The van der Waals surface area contributed by atoms with Crippen LogP contribution in [0.15, 0.2) is 24.3 Å². The largest absolute Gasteiger partial charge is 0.481 e. The van der Waals surface area contributed by atoms with Crippen LogP contribution in [0.2, 0.25) is 0 Å². The Kier molecular flexibility index (Phi) is 4.25. The molecule has 0 saturated heterocycles. The van der Waals surface area contributed by atoms with Crippen LogP contribution in [0.5, 0.6) is 0 Å². The van der Waals surface area contributed by atoms with Crippen LogP contribution in [0.3, 0.4) is 0 Å². The molecular weight excluding hydrogens is 250 g/mol. The number of thioether (sulfide) groups is 1. The van der Waals surface area contributed by atoms with Crippen molar-refractivity contribution in [2.24, 2.45) is 0 Å². The number of hydrogen-bond donors (Lipinski definition) is 2. The maximum Gasteiger partial charge on any atom is 0.313 e. The second kappa shape index (κ2) is 5.91. The molecule has 96 valence electrons. The molecule has 0 spiro atoms. The minimum atomic E-state index is -0.888. The van der Waals surface area contributed by atoms with Crippen LogP contribution in [0.25, 0.3) is 0 Å². The lowest BCUT2D eigenvalue weighted by Crippen LogP contribution is -2.34. The first-order valence-electron chi connectivity index (χ1n) is 5.81. The number of carboxylic acid groups (broad SMARTS) is 1. The van der Waals surface area contributed by atoms with Gasteiger partial charge in [-0.3, -0.25) is 9.59 Å². The van der Waals surface area contributed by atoms with Gasteiger partial charge < -0.3 is 10.4 Å². The summed E-state index contributed by atoms with van der Waals surface area (Å²) in [5.41, 5.74) is 2.67. The molecule has 0 aliphatic heterocycles. The number of amides is 1. The van der Waals surface area contributed by atoms with Gasteiger partial charge in [-0.2, -0.15) is 0 Å². The number of hydrogen-bond acceptors (Lipinski definition) is 3. The molecule has 0 heterocycles. The van der Waals surface area contributed by atoms with Crippen LogP contribution >= 0.6 is 11.8 Å². The number of carboxylic acids is 1. The number of carbonyl (C=O) groups excluding carboxylic acids is 1. The number of benzene rings is 1. The molecule has 1 aliphatic carbocycles. The van der Waals surface area contributed by atoms with E-state index in [4.69, 9.17) is 5.11 Å². The first kappa shape index (κ1) is 13.0. The Morgan fingerprint density at radius 1 is 1.33 bits per heavy atom. The van der Waals surface area contributed by atoms with E-state index in [1.165, 1.54) is 11.1 Å². The van der Waals surface area contributed by atoms with Crippen molar-refractivity contribution >= 4 is 23.6 Å². The van der Waals surface area contributed by atoms with Crippen molar-refractivity contribution in [3.8, 4) is 0 Å². The lowest BCUT2D eigenvalue weighted by Gasteiger charge is -2.30. The van der Waals surface area contributed by atoms with Crippen LogP contribution in [0, 0.1) is 0 Å². The average molecular weight is 265 g/mol. The molecule has 0 saturated carbocycles. The molecule has 2 rings (SSSR count). The van der Waals surface area contributed by atoms with Crippen molar-refractivity contribution in [1.82, 2.24) is 5.32 Å². The van der Waals surface area contributed by atoms with E-state index in [0.29, 0.717) is 12.5 Å². The van der Waals surface area contributed by atoms with Crippen molar-refractivity contribution in [2.75, 3.05) is 18.1 Å². The van der Waals surface area contributed by atoms with Gasteiger partial charge in [0.25, 0.3) is 0 Å². The van der Waals surface area contributed by atoms with Gasteiger partial charge in [0.05, 0.1) is 11.5 Å². The number of aliphatic carboxylic acids is 1. The predicted molar refractivity (Wildman–Crippen MR) is 70.9 cm³/mol. The SMILES string of the molecule is O=C(O)CSCC(=O)NCC1Cc2ccccc21. The molecule has 2 N–H and O–H groups in total. The number of carbonyl (C=O) groups is 2. The molecule has 1 amide bonds. The zero-order valence-electron chi connectivity index (χ0n) is 9.89. The van der Waals surface area contributed by atoms with Gasteiger partial charge in [-0.15, -0.1) is 11.8 Å². The van der Waals surface area contributed by atoms with E-state index in [0.717, 1.165) is 18.2 Å². The first-order chi connectivity index (χ1) is 8.66. The zero-order valence-corrected chi connectivity index (χ0v) is 10.7. The third-order valence-electron chi connectivity index (χ3n) is 2.97. The van der Waals surface area contributed by atoms with Gasteiger partial charge in [-0.05, 0) is 17.5 Å². The molecule has 1 atom stereocenters. The van der Waals surface area contributed by atoms with Crippen LogP contribution in [-0.2, 0) is 16.0 Å². The van der Waals surface area contributed by atoms with Gasteiger partial charge in [-0.1, -0.05) is 24.3 Å². The topological polar surface area (TPSA) is 66.4 Å². The summed E-state index contributed by atoms with van der Waals surface area (Å²) in [6, 6.07) is 8.23. The van der Waals surface area contributed by atoms with Crippen LogP contribution in [0.1, 0.15) is 17.0 Å². The second-order valence-corrected chi connectivity index (χ2v) is 5.28. The molecule has 18 heavy (non-hydrogen) atoms. The van der Waals surface area contributed by atoms with Gasteiger partial charge >= 0.3 is 5.97 Å². The summed E-state index contributed by atoms with van der Waals surface area (Å²) >= 11 is 1.12. The standard InChI is InChI=1S/C13H15NO3S/c15-12(7-18-8-13(16)17)14-6-10-5-9-3-1-2-4-11(9)10/h1-4,10H,5-8H2,(H,14,15)(H,16,17). The van der Waals surface area contributed by atoms with Crippen molar-refractivity contribution in [1.29, 1.82) is 0 Å². The van der Waals surface area contributed by atoms with Crippen molar-refractivity contribution in [3.63, 3.8) is 0 Å². The Hall–Kier alpha value is -1.49.